The Kier molecular flexibility index (Phi) is 33.1. The summed E-state index contributed by atoms with van der Waals surface area (Å²) in [6.45, 7) is 13.4. The Hall–Kier alpha value is -1.50. The van der Waals surface area contributed by atoms with E-state index in [0.29, 0.717) is 12.8 Å². The molecule has 0 aromatic carbocycles. The van der Waals surface area contributed by atoms with Gasteiger partial charge < -0.3 is 19.6 Å². The lowest BCUT2D eigenvalue weighted by Crippen LogP contribution is -2.23. The van der Waals surface area contributed by atoms with E-state index in [1.807, 2.05) is 0 Å². The molecule has 10 nitrogen and oxygen atoms in total. The minimum Gasteiger partial charge on any atom is -0.362 e. The Morgan fingerprint density at radius 2 is 0.729 bits per heavy atom. The summed E-state index contributed by atoms with van der Waals surface area (Å²) in [5.74, 6) is -0.168. The molecule has 2 aliphatic heterocycles. The zero-order valence-corrected chi connectivity index (χ0v) is 33.5. The van der Waals surface area contributed by atoms with E-state index in [-0.39, 0.29) is 11.5 Å². The van der Waals surface area contributed by atoms with Gasteiger partial charge in [0.25, 0.3) is 20.2 Å². The average molecular weight is 725 g/mol. The first-order valence-corrected chi connectivity index (χ1v) is 22.1. The van der Waals surface area contributed by atoms with E-state index >= 15 is 0 Å². The van der Waals surface area contributed by atoms with Crippen molar-refractivity contribution in [1.82, 2.24) is 19.6 Å². The van der Waals surface area contributed by atoms with Crippen molar-refractivity contribution in [1.29, 1.82) is 0 Å². The topological polar surface area (TPSA) is 122 Å². The van der Waals surface area contributed by atoms with Crippen molar-refractivity contribution >= 4 is 20.2 Å². The molecule has 2 aliphatic rings. The van der Waals surface area contributed by atoms with Crippen molar-refractivity contribution in [3.63, 3.8) is 0 Å². The lowest BCUT2D eigenvalue weighted by Gasteiger charge is -2.17. The van der Waals surface area contributed by atoms with Gasteiger partial charge in [0.15, 0.2) is 0 Å². The van der Waals surface area contributed by atoms with Crippen molar-refractivity contribution in [3.05, 3.63) is 24.8 Å². The van der Waals surface area contributed by atoms with Gasteiger partial charge in [0.05, 0.1) is 24.8 Å². The summed E-state index contributed by atoms with van der Waals surface area (Å²) in [5.41, 5.74) is 0. The second kappa shape index (κ2) is 32.7. The second-order valence-electron chi connectivity index (χ2n) is 13.2. The highest BCUT2D eigenvalue weighted by Crippen LogP contribution is 2.10. The zero-order valence-electron chi connectivity index (χ0n) is 31.8. The molecule has 0 saturated heterocycles. The molecule has 48 heavy (non-hydrogen) atoms. The van der Waals surface area contributed by atoms with Crippen LogP contribution in [-0.4, -0.2) is 97.6 Å². The molecule has 0 radical (unpaired) electrons. The van der Waals surface area contributed by atoms with Crippen LogP contribution in [-0.2, 0) is 20.2 Å². The van der Waals surface area contributed by atoms with Crippen LogP contribution >= 0.6 is 0 Å². The first kappa shape index (κ1) is 48.6. The highest BCUT2D eigenvalue weighted by atomic mass is 32.2. The van der Waals surface area contributed by atoms with Crippen LogP contribution in [0.3, 0.4) is 0 Å². The monoisotopic (exact) mass is 725 g/mol. The van der Waals surface area contributed by atoms with Gasteiger partial charge in [-0.1, -0.05) is 130 Å². The third kappa shape index (κ3) is 38.9. The molecule has 0 unspecified atom stereocenters. The molecule has 0 spiro atoms. The molecule has 2 rings (SSSR count). The van der Waals surface area contributed by atoms with Crippen molar-refractivity contribution in [2.24, 2.45) is 0 Å². The third-order valence-corrected chi connectivity index (χ3v) is 9.59. The van der Waals surface area contributed by atoms with Crippen LogP contribution in [0.15, 0.2) is 24.8 Å². The smallest absolute Gasteiger partial charge is 0.264 e. The molecule has 0 aliphatic carbocycles. The van der Waals surface area contributed by atoms with E-state index in [1.165, 1.54) is 103 Å². The van der Waals surface area contributed by atoms with Gasteiger partial charge in [0.1, 0.15) is 0 Å². The van der Waals surface area contributed by atoms with E-state index < -0.39 is 20.2 Å². The van der Waals surface area contributed by atoms with Gasteiger partial charge in [-0.2, -0.15) is 16.8 Å². The van der Waals surface area contributed by atoms with Gasteiger partial charge in [0.2, 0.25) is 0 Å². The first-order valence-electron chi connectivity index (χ1n) is 18.9. The van der Waals surface area contributed by atoms with Gasteiger partial charge in [0, 0.05) is 52.0 Å². The summed E-state index contributed by atoms with van der Waals surface area (Å²) in [6, 6.07) is 0. The molecule has 0 aromatic rings. The lowest BCUT2D eigenvalue weighted by molar-refractivity contribution is 0.290. The molecule has 2 heterocycles. The maximum atomic E-state index is 10.3. The predicted molar refractivity (Wildman–Crippen MR) is 205 cm³/mol. The fourth-order valence-corrected chi connectivity index (χ4v) is 6.19. The average Bonchev–Trinajstić information content (AvgIpc) is 3.64. The molecule has 12 heteroatoms. The van der Waals surface area contributed by atoms with E-state index in [2.05, 4.69) is 86.2 Å². The summed E-state index contributed by atoms with van der Waals surface area (Å²) in [7, 11) is -3.21. The fraction of sp³-hybridized carbons (Fsp3) is 0.889. The van der Waals surface area contributed by atoms with Crippen molar-refractivity contribution in [3.8, 4) is 0 Å². The molecule has 0 bridgehead atoms. The molecule has 288 valence electrons. The second-order valence-corrected chi connectivity index (χ2v) is 16.4. The number of hydrogen-bond donors (Lipinski definition) is 2. The normalized spacial score (nSPS) is 14.0. The highest BCUT2D eigenvalue weighted by Gasteiger charge is 2.07. The maximum absolute atomic E-state index is 10.3. The Balaban J connectivity index is 0. The fourth-order valence-electron chi connectivity index (χ4n) is 5.05. The van der Waals surface area contributed by atoms with Gasteiger partial charge in [-0.3, -0.25) is 9.11 Å². The van der Waals surface area contributed by atoms with Gasteiger partial charge in [-0.15, -0.1) is 0 Å². The van der Waals surface area contributed by atoms with Crippen LogP contribution in [0, 0.1) is 0 Å². The number of nitrogens with zero attached hydrogens (tertiary/aromatic N) is 4. The van der Waals surface area contributed by atoms with E-state index in [4.69, 9.17) is 9.11 Å². The molecule has 0 amide bonds. The summed E-state index contributed by atoms with van der Waals surface area (Å²) in [6.07, 6.45) is 31.8. The Bertz CT molecular complexity index is 933. The highest BCUT2D eigenvalue weighted by molar-refractivity contribution is 7.86. The molecule has 0 atom stereocenters. The minimum absolute atomic E-state index is 0.0842. The van der Waals surface area contributed by atoms with Crippen LogP contribution in [0.4, 0.5) is 0 Å². The number of hydrogen-bond acceptors (Lipinski definition) is 8. The van der Waals surface area contributed by atoms with Crippen LogP contribution in [0.1, 0.15) is 156 Å². The van der Waals surface area contributed by atoms with Crippen molar-refractivity contribution in [2.75, 3.05) is 52.0 Å². The molecular weight excluding hydrogens is 649 g/mol. The minimum atomic E-state index is -3.72. The maximum Gasteiger partial charge on any atom is 0.264 e. The lowest BCUT2D eigenvalue weighted by atomic mass is 10.1. The molecule has 0 saturated carbocycles. The summed E-state index contributed by atoms with van der Waals surface area (Å²) in [4.78, 5) is 9.13. The van der Waals surface area contributed by atoms with Crippen molar-refractivity contribution < 1.29 is 25.9 Å². The Morgan fingerprint density at radius 1 is 0.438 bits per heavy atom. The summed E-state index contributed by atoms with van der Waals surface area (Å²) < 4.78 is 57.9. The number of unbranched alkanes of at least 4 members (excludes halogenated alkanes) is 16. The van der Waals surface area contributed by atoms with Gasteiger partial charge in [-0.05, 0) is 25.7 Å². The SMILES string of the molecule is CCCCCCCCN1C=CN(C)C1.CCCCCCCCS(=O)(=O)O.CCCCCCCCS(=O)(=O)O.CCCCN1C=CN(C)C1. The van der Waals surface area contributed by atoms with Crippen LogP contribution in [0.2, 0.25) is 0 Å². The molecule has 2 N–H and O–H groups in total. The van der Waals surface area contributed by atoms with E-state index in [0.717, 1.165) is 39.0 Å². The van der Waals surface area contributed by atoms with E-state index in [1.54, 1.807) is 0 Å². The molecular formula is C36H76N4O6S2. The van der Waals surface area contributed by atoms with Crippen LogP contribution < -0.4 is 0 Å². The third-order valence-electron chi connectivity index (χ3n) is 7.98. The van der Waals surface area contributed by atoms with Crippen molar-refractivity contribution in [2.45, 2.75) is 156 Å². The predicted octanol–water partition coefficient (Wildman–Crippen LogP) is 8.96. The summed E-state index contributed by atoms with van der Waals surface area (Å²) in [5, 5.41) is 0. The van der Waals surface area contributed by atoms with Crippen LogP contribution in [0.5, 0.6) is 0 Å². The largest absolute Gasteiger partial charge is 0.362 e. The van der Waals surface area contributed by atoms with Gasteiger partial charge >= 0.3 is 0 Å². The number of rotatable bonds is 24. The molecule has 0 aromatic heterocycles. The molecule has 0 fully saturated rings. The quantitative estimate of drug-likeness (QED) is 0.0737. The Morgan fingerprint density at radius 3 is 1.02 bits per heavy atom. The first-order chi connectivity index (χ1) is 22.8. The standard InChI is InChI=1S/C12H24N2.C8H16N2.2C8H18O3S/c1-3-4-5-6-7-8-9-14-11-10-13(2)12-14;1-3-4-5-10-7-6-9(2)8-10;2*1-2-3-4-5-6-7-8-12(9,10)11/h10-11H,3-9,12H2,1-2H3;6-7H,3-5,8H2,1-2H3;2*2-8H2,1H3,(H,9,10,11). The zero-order chi connectivity index (χ0) is 36.5. The Labute approximate surface area is 297 Å². The summed E-state index contributed by atoms with van der Waals surface area (Å²) >= 11 is 0. The van der Waals surface area contributed by atoms with Gasteiger partial charge in [-0.25, -0.2) is 0 Å². The van der Waals surface area contributed by atoms with Crippen LogP contribution in [0.25, 0.3) is 0 Å². The van der Waals surface area contributed by atoms with E-state index in [9.17, 15) is 16.8 Å².